The largest absolute Gasteiger partial charge is 0.397 e. The van der Waals surface area contributed by atoms with Crippen molar-refractivity contribution in [2.75, 3.05) is 11.1 Å². The number of carbonyl (C=O) groups excluding carboxylic acids is 1. The molecule has 5 N–H and O–H groups in total. The molecule has 0 aliphatic heterocycles. The van der Waals surface area contributed by atoms with E-state index in [1.165, 1.54) is 12.8 Å². The minimum atomic E-state index is -0.424. The van der Waals surface area contributed by atoms with Crippen molar-refractivity contribution in [3.8, 4) is 0 Å². The third kappa shape index (κ3) is 2.52. The molecular formula is C13H19N3O. The summed E-state index contributed by atoms with van der Waals surface area (Å²) in [4.78, 5) is 11.1. The molecule has 2 rings (SSSR count). The highest BCUT2D eigenvalue weighted by Gasteiger charge is 2.23. The van der Waals surface area contributed by atoms with Gasteiger partial charge in [0.05, 0.1) is 11.4 Å². The Labute approximate surface area is 101 Å². The third-order valence-electron chi connectivity index (χ3n) is 3.54. The zero-order chi connectivity index (χ0) is 12.4. The predicted molar refractivity (Wildman–Crippen MR) is 69.8 cm³/mol. The Morgan fingerprint density at radius 2 is 2.18 bits per heavy atom. The van der Waals surface area contributed by atoms with Crippen LogP contribution < -0.4 is 16.8 Å². The number of hydrogen-bond acceptors (Lipinski definition) is 3. The standard InChI is InChI=1S/C13H19N3O/c1-8-3-2-4-11(8)16-12-7-9(13(15)17)5-6-10(12)14/h5-8,11,16H,2-4,14H2,1H3,(H2,15,17). The summed E-state index contributed by atoms with van der Waals surface area (Å²) in [5, 5.41) is 3.42. The van der Waals surface area contributed by atoms with Gasteiger partial charge in [-0.2, -0.15) is 0 Å². The molecule has 4 nitrogen and oxygen atoms in total. The van der Waals surface area contributed by atoms with Gasteiger partial charge in [-0.15, -0.1) is 0 Å². The van der Waals surface area contributed by atoms with Crippen molar-refractivity contribution in [3.05, 3.63) is 23.8 Å². The van der Waals surface area contributed by atoms with E-state index in [0.717, 1.165) is 12.1 Å². The first kappa shape index (κ1) is 11.8. The van der Waals surface area contributed by atoms with Gasteiger partial charge in [-0.05, 0) is 37.0 Å². The van der Waals surface area contributed by atoms with E-state index in [-0.39, 0.29) is 0 Å². The van der Waals surface area contributed by atoms with Gasteiger partial charge in [-0.3, -0.25) is 4.79 Å². The quantitative estimate of drug-likeness (QED) is 0.698. The molecule has 2 atom stereocenters. The lowest BCUT2D eigenvalue weighted by Gasteiger charge is -2.20. The highest BCUT2D eigenvalue weighted by molar-refractivity contribution is 5.94. The number of nitrogens with two attached hydrogens (primary N) is 2. The van der Waals surface area contributed by atoms with Crippen LogP contribution >= 0.6 is 0 Å². The Balaban J connectivity index is 2.19. The van der Waals surface area contributed by atoms with Crippen molar-refractivity contribution in [2.24, 2.45) is 11.7 Å². The molecular weight excluding hydrogens is 214 g/mol. The Bertz CT molecular complexity index is 431. The molecule has 1 aromatic carbocycles. The van der Waals surface area contributed by atoms with Gasteiger partial charge < -0.3 is 16.8 Å². The van der Waals surface area contributed by atoms with E-state index in [1.807, 2.05) is 0 Å². The summed E-state index contributed by atoms with van der Waals surface area (Å²) in [5.74, 6) is 0.221. The SMILES string of the molecule is CC1CCCC1Nc1cc(C(N)=O)ccc1N. The molecule has 1 aliphatic carbocycles. The van der Waals surface area contributed by atoms with Gasteiger partial charge in [0.25, 0.3) is 0 Å². The molecule has 92 valence electrons. The van der Waals surface area contributed by atoms with Gasteiger partial charge in [0.2, 0.25) is 5.91 Å². The van der Waals surface area contributed by atoms with E-state index < -0.39 is 5.91 Å². The minimum Gasteiger partial charge on any atom is -0.397 e. The number of benzene rings is 1. The number of amides is 1. The van der Waals surface area contributed by atoms with Crippen LogP contribution in [0.5, 0.6) is 0 Å². The molecule has 0 radical (unpaired) electrons. The van der Waals surface area contributed by atoms with Gasteiger partial charge in [0, 0.05) is 11.6 Å². The number of hydrogen-bond donors (Lipinski definition) is 3. The Kier molecular flexibility index (Phi) is 3.22. The fourth-order valence-corrected chi connectivity index (χ4v) is 2.39. The second kappa shape index (κ2) is 4.65. The summed E-state index contributed by atoms with van der Waals surface area (Å²) in [6, 6.07) is 5.56. The second-order valence-corrected chi connectivity index (χ2v) is 4.83. The number of nitrogens with one attached hydrogen (secondary N) is 1. The fraction of sp³-hybridized carbons (Fsp3) is 0.462. The molecule has 1 fully saturated rings. The summed E-state index contributed by atoms with van der Waals surface area (Å²) in [6.07, 6.45) is 3.64. The summed E-state index contributed by atoms with van der Waals surface area (Å²) in [7, 11) is 0. The van der Waals surface area contributed by atoms with E-state index in [9.17, 15) is 4.79 Å². The zero-order valence-electron chi connectivity index (χ0n) is 10.1. The van der Waals surface area contributed by atoms with Crippen LogP contribution in [0.4, 0.5) is 11.4 Å². The van der Waals surface area contributed by atoms with Gasteiger partial charge in [-0.25, -0.2) is 0 Å². The number of carbonyl (C=O) groups is 1. The summed E-state index contributed by atoms with van der Waals surface area (Å²) in [5.41, 5.74) is 13.1. The average molecular weight is 233 g/mol. The predicted octanol–water partition coefficient (Wildman–Crippen LogP) is 1.97. The highest BCUT2D eigenvalue weighted by atomic mass is 16.1. The number of rotatable bonds is 3. The number of anilines is 2. The summed E-state index contributed by atoms with van der Waals surface area (Å²) < 4.78 is 0. The Morgan fingerprint density at radius 1 is 1.41 bits per heavy atom. The van der Waals surface area contributed by atoms with Crippen molar-refractivity contribution in [1.29, 1.82) is 0 Å². The second-order valence-electron chi connectivity index (χ2n) is 4.83. The fourth-order valence-electron chi connectivity index (χ4n) is 2.39. The first-order chi connectivity index (χ1) is 8.08. The molecule has 1 aromatic rings. The molecule has 0 bridgehead atoms. The maximum absolute atomic E-state index is 11.1. The van der Waals surface area contributed by atoms with Crippen molar-refractivity contribution in [1.82, 2.24) is 0 Å². The van der Waals surface area contributed by atoms with Crippen molar-refractivity contribution in [3.63, 3.8) is 0 Å². The summed E-state index contributed by atoms with van der Waals surface area (Å²) in [6.45, 7) is 2.23. The van der Waals surface area contributed by atoms with E-state index in [0.29, 0.717) is 23.2 Å². The van der Waals surface area contributed by atoms with E-state index >= 15 is 0 Å². The van der Waals surface area contributed by atoms with Gasteiger partial charge in [0.1, 0.15) is 0 Å². The zero-order valence-corrected chi connectivity index (χ0v) is 10.1. The smallest absolute Gasteiger partial charge is 0.248 e. The van der Waals surface area contributed by atoms with Crippen LogP contribution in [0.3, 0.4) is 0 Å². The van der Waals surface area contributed by atoms with Gasteiger partial charge >= 0.3 is 0 Å². The molecule has 4 heteroatoms. The van der Waals surface area contributed by atoms with Crippen LogP contribution in [0.2, 0.25) is 0 Å². The molecule has 17 heavy (non-hydrogen) atoms. The minimum absolute atomic E-state index is 0.424. The van der Waals surface area contributed by atoms with E-state index in [4.69, 9.17) is 11.5 Å². The molecule has 1 amide bonds. The maximum Gasteiger partial charge on any atom is 0.248 e. The van der Waals surface area contributed by atoms with Crippen molar-refractivity contribution >= 4 is 17.3 Å². The van der Waals surface area contributed by atoms with Crippen LogP contribution in [-0.2, 0) is 0 Å². The first-order valence-corrected chi connectivity index (χ1v) is 6.04. The van der Waals surface area contributed by atoms with Crippen LogP contribution in [0, 0.1) is 5.92 Å². The lowest BCUT2D eigenvalue weighted by atomic mass is 10.1. The van der Waals surface area contributed by atoms with Crippen molar-refractivity contribution < 1.29 is 4.79 Å². The van der Waals surface area contributed by atoms with Crippen LogP contribution in [0.15, 0.2) is 18.2 Å². The van der Waals surface area contributed by atoms with E-state index in [1.54, 1.807) is 18.2 Å². The lowest BCUT2D eigenvalue weighted by molar-refractivity contribution is 0.100. The molecule has 1 saturated carbocycles. The van der Waals surface area contributed by atoms with Crippen molar-refractivity contribution in [2.45, 2.75) is 32.2 Å². The molecule has 0 spiro atoms. The van der Waals surface area contributed by atoms with Gasteiger partial charge in [-0.1, -0.05) is 13.3 Å². The number of primary amides is 1. The topological polar surface area (TPSA) is 81.1 Å². The molecule has 2 unspecified atom stereocenters. The molecule has 0 heterocycles. The van der Waals surface area contributed by atoms with Gasteiger partial charge in [0.15, 0.2) is 0 Å². The average Bonchev–Trinajstić information content (AvgIpc) is 2.67. The van der Waals surface area contributed by atoms with Crippen LogP contribution in [0.25, 0.3) is 0 Å². The molecule has 1 aliphatic rings. The maximum atomic E-state index is 11.1. The molecule has 0 saturated heterocycles. The Hall–Kier alpha value is -1.71. The molecule has 0 aromatic heterocycles. The third-order valence-corrected chi connectivity index (χ3v) is 3.54. The Morgan fingerprint density at radius 3 is 2.76 bits per heavy atom. The first-order valence-electron chi connectivity index (χ1n) is 6.04. The monoisotopic (exact) mass is 233 g/mol. The summed E-state index contributed by atoms with van der Waals surface area (Å²) >= 11 is 0. The highest BCUT2D eigenvalue weighted by Crippen LogP contribution is 2.30. The normalized spacial score (nSPS) is 23.6. The van der Waals surface area contributed by atoms with Crippen LogP contribution in [-0.4, -0.2) is 11.9 Å². The number of nitrogen functional groups attached to an aromatic ring is 1. The van der Waals surface area contributed by atoms with Crippen LogP contribution in [0.1, 0.15) is 36.5 Å². The lowest BCUT2D eigenvalue weighted by Crippen LogP contribution is -2.23. The van der Waals surface area contributed by atoms with E-state index in [2.05, 4.69) is 12.2 Å².